The fourth-order valence-electron chi connectivity index (χ4n) is 2.63. The molecule has 1 saturated heterocycles. The maximum Gasteiger partial charge on any atom is 0.306 e. The third-order valence-electron chi connectivity index (χ3n) is 3.84. The Balaban J connectivity index is 1.39. The van der Waals surface area contributed by atoms with Crippen molar-refractivity contribution < 1.29 is 27.2 Å². The van der Waals surface area contributed by atoms with Gasteiger partial charge in [0.05, 0.1) is 17.9 Å². The first-order chi connectivity index (χ1) is 11.9. The van der Waals surface area contributed by atoms with Gasteiger partial charge in [-0.3, -0.25) is 9.59 Å². The van der Waals surface area contributed by atoms with Crippen LogP contribution in [0, 0.1) is 0 Å². The molecule has 1 atom stereocenters. The number of aromatic nitrogens is 1. The molecule has 0 radical (unpaired) electrons. The first-order valence-electron chi connectivity index (χ1n) is 7.91. The van der Waals surface area contributed by atoms with Gasteiger partial charge >= 0.3 is 5.97 Å². The van der Waals surface area contributed by atoms with Crippen LogP contribution in [0.3, 0.4) is 0 Å². The zero-order valence-corrected chi connectivity index (χ0v) is 14.3. The van der Waals surface area contributed by atoms with E-state index in [0.717, 1.165) is 5.52 Å². The zero-order valence-electron chi connectivity index (χ0n) is 13.4. The minimum atomic E-state index is -3.06. The number of aryl methyl sites for hydroxylation is 1. The highest BCUT2D eigenvalue weighted by molar-refractivity contribution is 7.91. The second-order valence-corrected chi connectivity index (χ2v) is 8.13. The van der Waals surface area contributed by atoms with Crippen LogP contribution in [0.5, 0.6) is 0 Å². The Morgan fingerprint density at radius 2 is 2.12 bits per heavy atom. The van der Waals surface area contributed by atoms with E-state index < -0.39 is 34.4 Å². The molecule has 2 heterocycles. The molecule has 1 aliphatic rings. The molecule has 1 fully saturated rings. The number of amides is 1. The Bertz CT molecular complexity index is 856. The van der Waals surface area contributed by atoms with Crippen molar-refractivity contribution in [2.75, 3.05) is 18.1 Å². The molecule has 25 heavy (non-hydrogen) atoms. The molecular weight excluding hydrogens is 348 g/mol. The van der Waals surface area contributed by atoms with E-state index in [4.69, 9.17) is 9.15 Å². The summed E-state index contributed by atoms with van der Waals surface area (Å²) in [6.45, 7) is -0.428. The summed E-state index contributed by atoms with van der Waals surface area (Å²) in [7, 11) is -3.06. The van der Waals surface area contributed by atoms with Gasteiger partial charge in [-0.15, -0.1) is 0 Å². The van der Waals surface area contributed by atoms with E-state index in [1.54, 1.807) is 6.07 Å². The summed E-state index contributed by atoms with van der Waals surface area (Å²) >= 11 is 0. The van der Waals surface area contributed by atoms with Gasteiger partial charge in [0.25, 0.3) is 5.91 Å². The zero-order chi connectivity index (χ0) is 17.9. The fourth-order valence-corrected chi connectivity index (χ4v) is 4.31. The second kappa shape index (κ2) is 7.22. The largest absolute Gasteiger partial charge is 0.456 e. The molecule has 2 aromatic rings. The van der Waals surface area contributed by atoms with Crippen LogP contribution in [0.1, 0.15) is 18.7 Å². The molecule has 1 aliphatic heterocycles. The van der Waals surface area contributed by atoms with Crippen LogP contribution in [-0.2, 0) is 30.6 Å². The van der Waals surface area contributed by atoms with Gasteiger partial charge in [0.2, 0.25) is 0 Å². The molecule has 9 heteroatoms. The predicted molar refractivity (Wildman–Crippen MR) is 88.5 cm³/mol. The molecule has 1 N–H and O–H groups in total. The molecule has 0 bridgehead atoms. The summed E-state index contributed by atoms with van der Waals surface area (Å²) in [5.41, 5.74) is 1.37. The van der Waals surface area contributed by atoms with E-state index in [1.807, 2.05) is 18.2 Å². The lowest BCUT2D eigenvalue weighted by Crippen LogP contribution is -2.38. The third-order valence-corrected chi connectivity index (χ3v) is 5.61. The number of rotatable bonds is 6. The fraction of sp³-hybridized carbons (Fsp3) is 0.438. The number of carbonyl (C=O) groups is 2. The monoisotopic (exact) mass is 366 g/mol. The summed E-state index contributed by atoms with van der Waals surface area (Å²) in [4.78, 5) is 27.7. The second-order valence-electron chi connectivity index (χ2n) is 5.90. The molecule has 134 valence electrons. The van der Waals surface area contributed by atoms with Crippen LogP contribution in [0.15, 0.2) is 28.7 Å². The highest BCUT2D eigenvalue weighted by Gasteiger charge is 2.29. The molecule has 0 unspecified atom stereocenters. The number of para-hydroxylation sites is 2. The van der Waals surface area contributed by atoms with Gasteiger partial charge in [-0.1, -0.05) is 12.1 Å². The SMILES string of the molecule is O=C(COC(=O)CCc1nc2ccccc2o1)N[C@@H]1CCS(=O)(=O)C1. The van der Waals surface area contributed by atoms with Gasteiger partial charge in [-0.25, -0.2) is 13.4 Å². The van der Waals surface area contributed by atoms with E-state index in [0.29, 0.717) is 17.9 Å². The maximum absolute atomic E-state index is 11.7. The smallest absolute Gasteiger partial charge is 0.306 e. The Labute approximate surface area is 144 Å². The molecule has 1 aromatic carbocycles. The highest BCUT2D eigenvalue weighted by Crippen LogP contribution is 2.15. The van der Waals surface area contributed by atoms with Crippen molar-refractivity contribution in [3.8, 4) is 0 Å². The van der Waals surface area contributed by atoms with Crippen molar-refractivity contribution in [1.82, 2.24) is 10.3 Å². The summed E-state index contributed by atoms with van der Waals surface area (Å²) in [5.74, 6) is -0.611. The topological polar surface area (TPSA) is 116 Å². The maximum atomic E-state index is 11.7. The number of carbonyl (C=O) groups excluding carboxylic acids is 2. The number of oxazole rings is 1. The highest BCUT2D eigenvalue weighted by atomic mass is 32.2. The van der Waals surface area contributed by atoms with Crippen LogP contribution in [0.2, 0.25) is 0 Å². The number of hydrogen-bond donors (Lipinski definition) is 1. The van der Waals surface area contributed by atoms with Gasteiger partial charge in [0.15, 0.2) is 27.9 Å². The molecule has 0 aliphatic carbocycles. The minimum absolute atomic E-state index is 0.0396. The lowest BCUT2D eigenvalue weighted by Gasteiger charge is -2.10. The van der Waals surface area contributed by atoms with E-state index in [-0.39, 0.29) is 24.3 Å². The summed E-state index contributed by atoms with van der Waals surface area (Å²) < 4.78 is 33.0. The van der Waals surface area contributed by atoms with Gasteiger partial charge < -0.3 is 14.5 Å². The van der Waals surface area contributed by atoms with E-state index in [2.05, 4.69) is 10.3 Å². The molecule has 3 rings (SSSR count). The van der Waals surface area contributed by atoms with E-state index >= 15 is 0 Å². The van der Waals surface area contributed by atoms with Crippen LogP contribution in [0.25, 0.3) is 11.1 Å². The van der Waals surface area contributed by atoms with Crippen molar-refractivity contribution in [2.24, 2.45) is 0 Å². The third kappa shape index (κ3) is 4.79. The molecular formula is C16H18N2O6S. The minimum Gasteiger partial charge on any atom is -0.456 e. The Morgan fingerprint density at radius 1 is 1.32 bits per heavy atom. The van der Waals surface area contributed by atoms with Crippen molar-refractivity contribution in [3.63, 3.8) is 0 Å². The molecule has 0 spiro atoms. The van der Waals surface area contributed by atoms with E-state index in [1.165, 1.54) is 0 Å². The first-order valence-corrected chi connectivity index (χ1v) is 9.73. The van der Waals surface area contributed by atoms with Gasteiger partial charge in [-0.2, -0.15) is 0 Å². The number of esters is 1. The van der Waals surface area contributed by atoms with E-state index in [9.17, 15) is 18.0 Å². The lowest BCUT2D eigenvalue weighted by molar-refractivity contribution is -0.148. The number of sulfone groups is 1. The van der Waals surface area contributed by atoms with Crippen molar-refractivity contribution >= 4 is 32.8 Å². The Hall–Kier alpha value is -2.42. The van der Waals surface area contributed by atoms with Crippen LogP contribution >= 0.6 is 0 Å². The quantitative estimate of drug-likeness (QED) is 0.745. The average molecular weight is 366 g/mol. The number of nitrogens with one attached hydrogen (secondary N) is 1. The summed E-state index contributed by atoms with van der Waals surface area (Å²) in [6, 6.07) is 6.87. The number of ether oxygens (including phenoxy) is 1. The van der Waals surface area contributed by atoms with Gasteiger partial charge in [-0.05, 0) is 18.6 Å². The normalized spacial score (nSPS) is 19.0. The molecule has 1 amide bonds. The molecule has 8 nitrogen and oxygen atoms in total. The van der Waals surface area contributed by atoms with Crippen LogP contribution < -0.4 is 5.32 Å². The van der Waals surface area contributed by atoms with Crippen molar-refractivity contribution in [1.29, 1.82) is 0 Å². The number of fused-ring (bicyclic) bond motifs is 1. The van der Waals surface area contributed by atoms with Crippen LogP contribution in [-0.4, -0.2) is 49.4 Å². The summed E-state index contributed by atoms with van der Waals surface area (Å²) in [6.07, 6.45) is 0.702. The Kier molecular flexibility index (Phi) is 5.03. The Morgan fingerprint density at radius 3 is 2.84 bits per heavy atom. The number of benzene rings is 1. The average Bonchev–Trinajstić information content (AvgIpc) is 3.13. The van der Waals surface area contributed by atoms with Gasteiger partial charge in [0.1, 0.15) is 5.52 Å². The van der Waals surface area contributed by atoms with Crippen molar-refractivity contribution in [3.05, 3.63) is 30.2 Å². The number of hydrogen-bond acceptors (Lipinski definition) is 7. The molecule has 0 saturated carbocycles. The number of nitrogens with zero attached hydrogens (tertiary/aromatic N) is 1. The van der Waals surface area contributed by atoms with Crippen LogP contribution in [0.4, 0.5) is 0 Å². The lowest BCUT2D eigenvalue weighted by atomic mass is 10.2. The van der Waals surface area contributed by atoms with Gasteiger partial charge in [0, 0.05) is 12.5 Å². The standard InChI is InChI=1S/C16H18N2O6S/c19-14(17-11-7-8-25(21,22)10-11)9-23-16(20)6-5-15-18-12-3-1-2-4-13(12)24-15/h1-4,11H,5-10H2,(H,17,19)/t11-/m1/s1. The molecule has 1 aromatic heterocycles. The summed E-state index contributed by atoms with van der Waals surface area (Å²) in [5, 5.41) is 2.56. The van der Waals surface area contributed by atoms with Crippen molar-refractivity contribution in [2.45, 2.75) is 25.3 Å². The first kappa shape index (κ1) is 17.4. The predicted octanol–water partition coefficient (Wildman–Crippen LogP) is 0.607.